The molecule has 0 bridgehead atoms. The maximum Gasteiger partial charge on any atom is 0.0701 e. The van der Waals surface area contributed by atoms with E-state index in [9.17, 15) is 0 Å². The quantitative estimate of drug-likeness (QED) is 0.434. The molecule has 0 atom stereocenters. The Kier molecular flexibility index (Phi) is 20.7. The Bertz CT molecular complexity index is 137. The minimum Gasteiger partial charge on any atom is -0.379 e. The zero-order valence-electron chi connectivity index (χ0n) is 13.8. The second-order valence-corrected chi connectivity index (χ2v) is 4.78. The number of hydrogen-bond donors (Lipinski definition) is 0. The van der Waals surface area contributed by atoms with Crippen LogP contribution in [0.2, 0.25) is 0 Å². The lowest BCUT2D eigenvalue weighted by Gasteiger charge is -2.07. The normalized spacial score (nSPS) is 10.8. The predicted molar refractivity (Wildman–Crippen MR) is 83.3 cm³/mol. The highest BCUT2D eigenvalue weighted by Gasteiger charge is 1.92. The van der Waals surface area contributed by atoms with Crippen molar-refractivity contribution in [3.63, 3.8) is 0 Å². The first kappa shape index (κ1) is 19.2. The Morgan fingerprint density at radius 2 is 1.21 bits per heavy atom. The van der Waals surface area contributed by atoms with Gasteiger partial charge in [0.2, 0.25) is 0 Å². The van der Waals surface area contributed by atoms with Crippen molar-refractivity contribution in [2.45, 2.75) is 27.2 Å². The van der Waals surface area contributed by atoms with Crippen molar-refractivity contribution in [3.8, 4) is 0 Å². The molecule has 0 unspecified atom stereocenters. The van der Waals surface area contributed by atoms with Gasteiger partial charge in [0.25, 0.3) is 0 Å². The second-order valence-electron chi connectivity index (χ2n) is 3.80. The van der Waals surface area contributed by atoms with Gasteiger partial charge in [-0.3, -0.25) is 0 Å². The second kappa shape index (κ2) is 20.5. The van der Waals surface area contributed by atoms with Gasteiger partial charge in [0, 0.05) is 13.7 Å². The molecule has 0 saturated carbocycles. The Balaban J connectivity index is 0. The minimum atomic E-state index is 0.626. The number of thioether (sulfide) groups is 1. The predicted octanol–water partition coefficient (Wildman–Crippen LogP) is 2.85. The van der Waals surface area contributed by atoms with Gasteiger partial charge >= 0.3 is 0 Å². The molecule has 0 aliphatic rings. The molecule has 4 nitrogen and oxygen atoms in total. The van der Waals surface area contributed by atoms with E-state index in [-0.39, 0.29) is 0 Å². The van der Waals surface area contributed by atoms with E-state index in [4.69, 9.17) is 20.3 Å². The lowest BCUT2D eigenvalue weighted by atomic mass is 10.4. The molecule has 0 aliphatic heterocycles. The fraction of sp³-hybridized carbons (Fsp3) is 1.00. The van der Waals surface area contributed by atoms with E-state index in [0.717, 1.165) is 25.4 Å². The molecule has 118 valence electrons. The third-order valence-corrected chi connectivity index (χ3v) is 2.76. The first-order valence-corrected chi connectivity index (χ1v) is 8.11. The van der Waals surface area contributed by atoms with E-state index < -0.39 is 0 Å². The molecule has 0 spiro atoms. The number of rotatable bonds is 15. The monoisotopic (exact) mass is 297 g/mol. The maximum atomic E-state index is 5.75. The van der Waals surface area contributed by atoms with E-state index in [1.807, 2.05) is 0 Å². The van der Waals surface area contributed by atoms with Crippen LogP contribution in [0.1, 0.15) is 28.5 Å². The van der Waals surface area contributed by atoms with Crippen LogP contribution >= 0.6 is 11.8 Å². The van der Waals surface area contributed by atoms with Crippen LogP contribution in [0, 0.1) is 0 Å². The standard InChI is InChI=1S/C13H28O4S.CH4/c1-3-4-5-14-6-7-15-8-9-16-10-11-17-12-13-18-2;/h3-13H2,1-2H3;1H4/i;1D. The van der Waals surface area contributed by atoms with Crippen LogP contribution in [0.5, 0.6) is 0 Å². The molecular weight excluding hydrogens is 264 g/mol. The van der Waals surface area contributed by atoms with Gasteiger partial charge < -0.3 is 18.9 Å². The summed E-state index contributed by atoms with van der Waals surface area (Å²) in [6.07, 6.45) is 4.37. The van der Waals surface area contributed by atoms with E-state index in [2.05, 4.69) is 13.2 Å². The molecule has 0 heterocycles. The Morgan fingerprint density at radius 3 is 1.63 bits per heavy atom. The summed E-state index contributed by atoms with van der Waals surface area (Å²) in [7, 11) is 1.25. The lowest BCUT2D eigenvalue weighted by molar-refractivity contribution is -0.000477. The summed E-state index contributed by atoms with van der Waals surface area (Å²) in [5.41, 5.74) is 0. The van der Waals surface area contributed by atoms with Crippen LogP contribution in [0.15, 0.2) is 0 Å². The molecule has 0 radical (unpaired) electrons. The summed E-state index contributed by atoms with van der Waals surface area (Å²) in [6, 6.07) is 0. The van der Waals surface area contributed by atoms with Crippen molar-refractivity contribution in [1.29, 1.82) is 0 Å². The minimum absolute atomic E-state index is 0.626. The fourth-order valence-corrected chi connectivity index (χ4v) is 1.43. The van der Waals surface area contributed by atoms with Gasteiger partial charge in [-0.05, 0) is 12.7 Å². The van der Waals surface area contributed by atoms with Crippen molar-refractivity contribution in [1.82, 2.24) is 0 Å². The smallest absolute Gasteiger partial charge is 0.0701 e. The van der Waals surface area contributed by atoms with Crippen LogP contribution in [-0.2, 0) is 18.9 Å². The van der Waals surface area contributed by atoms with Crippen molar-refractivity contribution in [2.24, 2.45) is 0 Å². The molecule has 0 amide bonds. The van der Waals surface area contributed by atoms with Crippen LogP contribution in [-0.4, -0.2) is 64.9 Å². The Labute approximate surface area is 124 Å². The van der Waals surface area contributed by atoms with Gasteiger partial charge in [-0.25, -0.2) is 0 Å². The topological polar surface area (TPSA) is 36.9 Å². The molecule has 0 aromatic heterocycles. The maximum absolute atomic E-state index is 5.75. The van der Waals surface area contributed by atoms with Gasteiger partial charge in [0.15, 0.2) is 0 Å². The summed E-state index contributed by atoms with van der Waals surface area (Å²) in [5, 5.41) is 0. The van der Waals surface area contributed by atoms with Gasteiger partial charge in [-0.2, -0.15) is 11.8 Å². The van der Waals surface area contributed by atoms with Gasteiger partial charge in [0.05, 0.1) is 46.2 Å². The molecule has 0 N–H and O–H groups in total. The summed E-state index contributed by atoms with van der Waals surface area (Å²) >= 11 is 1.79. The molecule has 5 heteroatoms. The van der Waals surface area contributed by atoms with E-state index >= 15 is 0 Å². The zero-order valence-corrected chi connectivity index (χ0v) is 13.6. The third-order valence-electron chi connectivity index (χ3n) is 2.19. The van der Waals surface area contributed by atoms with Crippen LogP contribution in [0.4, 0.5) is 0 Å². The number of unbranched alkanes of at least 4 members (excludes halogenated alkanes) is 1. The van der Waals surface area contributed by atoms with E-state index in [1.54, 1.807) is 11.8 Å². The molecule has 0 aromatic rings. The summed E-state index contributed by atoms with van der Waals surface area (Å²) in [5.74, 6) is 1.04. The van der Waals surface area contributed by atoms with E-state index in [1.165, 1.54) is 13.8 Å². The highest BCUT2D eigenvalue weighted by Crippen LogP contribution is 1.90. The van der Waals surface area contributed by atoms with Crippen LogP contribution < -0.4 is 0 Å². The van der Waals surface area contributed by atoms with Crippen molar-refractivity contribution < 1.29 is 20.3 Å². The zero-order chi connectivity index (χ0) is 15.3. The average molecular weight is 297 g/mol. The third kappa shape index (κ3) is 20.7. The van der Waals surface area contributed by atoms with Gasteiger partial charge in [-0.1, -0.05) is 20.7 Å². The van der Waals surface area contributed by atoms with Crippen molar-refractivity contribution in [3.05, 3.63) is 0 Å². The molecule has 0 aromatic carbocycles. The number of hydrogen-bond acceptors (Lipinski definition) is 5. The Hall–Kier alpha value is 0.190. The van der Waals surface area contributed by atoms with Crippen LogP contribution in [0.25, 0.3) is 0 Å². The first-order chi connectivity index (χ1) is 9.91. The van der Waals surface area contributed by atoms with E-state index in [0.29, 0.717) is 39.6 Å². The molecule has 19 heavy (non-hydrogen) atoms. The highest BCUT2D eigenvalue weighted by atomic mass is 32.2. The molecule has 0 saturated heterocycles. The average Bonchev–Trinajstić information content (AvgIpc) is 2.50. The Morgan fingerprint density at radius 1 is 0.789 bits per heavy atom. The molecule has 0 aliphatic carbocycles. The molecule has 0 rings (SSSR count). The van der Waals surface area contributed by atoms with Crippen molar-refractivity contribution >= 4 is 11.8 Å². The van der Waals surface area contributed by atoms with Gasteiger partial charge in [-0.15, -0.1) is 0 Å². The summed E-state index contributed by atoms with van der Waals surface area (Å²) in [6.45, 7) is 7.69. The SMILES string of the molecule is CCCCOCCOCCOCCOCCSC.[2H]C. The fourth-order valence-electron chi connectivity index (χ4n) is 1.15. The largest absolute Gasteiger partial charge is 0.379 e. The summed E-state index contributed by atoms with van der Waals surface area (Å²) < 4.78 is 27.2. The molecule has 0 fully saturated rings. The highest BCUT2D eigenvalue weighted by molar-refractivity contribution is 7.98. The first-order valence-electron chi connectivity index (χ1n) is 7.71. The molecular formula is C14H32O4S. The van der Waals surface area contributed by atoms with Crippen molar-refractivity contribution in [2.75, 3.05) is 64.9 Å². The lowest BCUT2D eigenvalue weighted by Crippen LogP contribution is -2.12. The number of ether oxygens (including phenoxy) is 4. The van der Waals surface area contributed by atoms with Crippen LogP contribution in [0.3, 0.4) is 0 Å². The van der Waals surface area contributed by atoms with Gasteiger partial charge in [0.1, 0.15) is 0 Å². The summed E-state index contributed by atoms with van der Waals surface area (Å²) in [4.78, 5) is 0.